The summed E-state index contributed by atoms with van der Waals surface area (Å²) in [5, 5.41) is 0.0896. The summed E-state index contributed by atoms with van der Waals surface area (Å²) >= 11 is 5.83. The standard InChI is InChI=1S/C10H16ClN3O/c1-8(11)4-5-13(2)10(15)9-6-12-7-14(9)3/h6-8H,4-5H2,1-3H3. The van der Waals surface area contributed by atoms with Crippen molar-refractivity contribution >= 4 is 17.5 Å². The molecule has 0 saturated heterocycles. The third-order valence-electron chi connectivity index (χ3n) is 2.24. The summed E-state index contributed by atoms with van der Waals surface area (Å²) in [5.41, 5.74) is 0.597. The fourth-order valence-corrected chi connectivity index (χ4v) is 1.33. The lowest BCUT2D eigenvalue weighted by Crippen LogP contribution is -2.30. The smallest absolute Gasteiger partial charge is 0.271 e. The highest BCUT2D eigenvalue weighted by molar-refractivity contribution is 6.20. The molecule has 1 aromatic rings. The molecule has 5 heteroatoms. The van der Waals surface area contributed by atoms with E-state index in [0.717, 1.165) is 6.42 Å². The first kappa shape index (κ1) is 12.0. The Hall–Kier alpha value is -1.03. The second-order valence-electron chi connectivity index (χ2n) is 3.69. The second-order valence-corrected chi connectivity index (χ2v) is 4.43. The van der Waals surface area contributed by atoms with Gasteiger partial charge >= 0.3 is 0 Å². The van der Waals surface area contributed by atoms with E-state index in [1.54, 1.807) is 36.1 Å². The summed E-state index contributed by atoms with van der Waals surface area (Å²) in [7, 11) is 3.58. The van der Waals surface area contributed by atoms with Crippen LogP contribution in [0.3, 0.4) is 0 Å². The molecule has 1 amide bonds. The molecule has 1 aromatic heterocycles. The molecule has 0 N–H and O–H groups in total. The predicted molar refractivity (Wildman–Crippen MR) is 60.1 cm³/mol. The average Bonchev–Trinajstić information content (AvgIpc) is 2.59. The van der Waals surface area contributed by atoms with Gasteiger partial charge in [0.25, 0.3) is 5.91 Å². The highest BCUT2D eigenvalue weighted by Crippen LogP contribution is 2.05. The molecular weight excluding hydrogens is 214 g/mol. The van der Waals surface area contributed by atoms with Gasteiger partial charge in [-0.25, -0.2) is 4.98 Å². The number of hydrogen-bond donors (Lipinski definition) is 0. The molecule has 0 aliphatic heterocycles. The Morgan fingerprint density at radius 1 is 1.73 bits per heavy atom. The average molecular weight is 230 g/mol. The summed E-state index contributed by atoms with van der Waals surface area (Å²) < 4.78 is 1.71. The van der Waals surface area contributed by atoms with Crippen LogP contribution in [0.15, 0.2) is 12.5 Å². The van der Waals surface area contributed by atoms with E-state index < -0.39 is 0 Å². The summed E-state index contributed by atoms with van der Waals surface area (Å²) in [6.45, 7) is 2.58. The molecule has 1 atom stereocenters. The van der Waals surface area contributed by atoms with Gasteiger partial charge in [-0.3, -0.25) is 4.79 Å². The number of halogens is 1. The molecule has 1 rings (SSSR count). The summed E-state index contributed by atoms with van der Waals surface area (Å²) in [5.74, 6) is -0.0210. The van der Waals surface area contributed by atoms with Crippen LogP contribution in [0.1, 0.15) is 23.8 Å². The van der Waals surface area contributed by atoms with Gasteiger partial charge in [0.05, 0.1) is 12.5 Å². The second kappa shape index (κ2) is 5.16. The number of aromatic nitrogens is 2. The molecule has 0 aliphatic rings. The Balaban J connectivity index is 2.57. The van der Waals surface area contributed by atoms with E-state index in [-0.39, 0.29) is 11.3 Å². The van der Waals surface area contributed by atoms with Crippen LogP contribution in [0.4, 0.5) is 0 Å². The normalized spacial score (nSPS) is 12.5. The van der Waals surface area contributed by atoms with Crippen molar-refractivity contribution in [1.29, 1.82) is 0 Å². The minimum atomic E-state index is -0.0210. The Morgan fingerprint density at radius 2 is 2.40 bits per heavy atom. The number of rotatable bonds is 4. The molecule has 84 valence electrons. The van der Waals surface area contributed by atoms with E-state index in [2.05, 4.69) is 4.98 Å². The number of alkyl halides is 1. The van der Waals surface area contributed by atoms with Crippen LogP contribution in [0, 0.1) is 0 Å². The Labute approximate surface area is 94.8 Å². The van der Waals surface area contributed by atoms with Gasteiger partial charge in [0, 0.05) is 26.0 Å². The number of aryl methyl sites for hydroxylation is 1. The Kier molecular flexibility index (Phi) is 4.15. The van der Waals surface area contributed by atoms with E-state index in [1.807, 2.05) is 6.92 Å². The summed E-state index contributed by atoms with van der Waals surface area (Å²) in [6, 6.07) is 0. The lowest BCUT2D eigenvalue weighted by atomic mass is 10.3. The molecule has 0 radical (unpaired) electrons. The number of carbonyl (C=O) groups is 1. The number of hydrogen-bond acceptors (Lipinski definition) is 2. The van der Waals surface area contributed by atoms with Crippen molar-refractivity contribution in [3.8, 4) is 0 Å². The molecule has 0 saturated carbocycles. The van der Waals surface area contributed by atoms with Crippen LogP contribution >= 0.6 is 11.6 Å². The molecule has 0 aromatic carbocycles. The van der Waals surface area contributed by atoms with Gasteiger partial charge in [-0.05, 0) is 13.3 Å². The predicted octanol–water partition coefficient (Wildman–Crippen LogP) is 1.51. The zero-order valence-corrected chi connectivity index (χ0v) is 10.0. The number of nitrogens with zero attached hydrogens (tertiary/aromatic N) is 3. The zero-order valence-electron chi connectivity index (χ0n) is 9.27. The molecule has 4 nitrogen and oxygen atoms in total. The van der Waals surface area contributed by atoms with Gasteiger partial charge in [-0.1, -0.05) is 0 Å². The first-order valence-electron chi connectivity index (χ1n) is 4.88. The minimum absolute atomic E-state index is 0.0210. The molecular formula is C10H16ClN3O. The van der Waals surface area contributed by atoms with Gasteiger partial charge in [0.2, 0.25) is 0 Å². The first-order chi connectivity index (χ1) is 7.02. The van der Waals surface area contributed by atoms with Gasteiger partial charge in [0.1, 0.15) is 5.69 Å². The summed E-state index contributed by atoms with van der Waals surface area (Å²) in [6.07, 6.45) is 3.98. The monoisotopic (exact) mass is 229 g/mol. The first-order valence-corrected chi connectivity index (χ1v) is 5.32. The van der Waals surface area contributed by atoms with Crippen molar-refractivity contribution in [2.75, 3.05) is 13.6 Å². The van der Waals surface area contributed by atoms with Gasteiger partial charge < -0.3 is 9.47 Å². The third kappa shape index (κ3) is 3.23. The van der Waals surface area contributed by atoms with E-state index >= 15 is 0 Å². The van der Waals surface area contributed by atoms with Gasteiger partial charge in [-0.2, -0.15) is 0 Å². The van der Waals surface area contributed by atoms with Crippen molar-refractivity contribution in [3.63, 3.8) is 0 Å². The van der Waals surface area contributed by atoms with Crippen LogP contribution in [-0.2, 0) is 7.05 Å². The fraction of sp³-hybridized carbons (Fsp3) is 0.600. The Morgan fingerprint density at radius 3 is 2.87 bits per heavy atom. The molecule has 0 bridgehead atoms. The van der Waals surface area contributed by atoms with E-state index in [4.69, 9.17) is 11.6 Å². The minimum Gasteiger partial charge on any atom is -0.340 e. The van der Waals surface area contributed by atoms with Crippen molar-refractivity contribution in [2.45, 2.75) is 18.7 Å². The van der Waals surface area contributed by atoms with E-state index in [9.17, 15) is 4.79 Å². The maximum absolute atomic E-state index is 11.9. The number of imidazole rings is 1. The highest BCUT2D eigenvalue weighted by Gasteiger charge is 2.14. The van der Waals surface area contributed by atoms with Crippen LogP contribution in [0.5, 0.6) is 0 Å². The molecule has 0 fully saturated rings. The third-order valence-corrected chi connectivity index (χ3v) is 2.46. The van der Waals surface area contributed by atoms with Crippen molar-refractivity contribution in [1.82, 2.24) is 14.5 Å². The van der Waals surface area contributed by atoms with Crippen LogP contribution in [0.25, 0.3) is 0 Å². The van der Waals surface area contributed by atoms with Gasteiger partial charge in [0.15, 0.2) is 0 Å². The summed E-state index contributed by atoms with van der Waals surface area (Å²) in [4.78, 5) is 17.4. The van der Waals surface area contributed by atoms with Gasteiger partial charge in [-0.15, -0.1) is 11.6 Å². The SMILES string of the molecule is CC(Cl)CCN(C)C(=O)c1cncn1C. The molecule has 1 unspecified atom stereocenters. The Bertz CT molecular complexity index is 335. The quantitative estimate of drug-likeness (QED) is 0.735. The number of amides is 1. The van der Waals surface area contributed by atoms with E-state index in [1.165, 1.54) is 0 Å². The van der Waals surface area contributed by atoms with Crippen molar-refractivity contribution < 1.29 is 4.79 Å². The molecule has 0 spiro atoms. The van der Waals surface area contributed by atoms with Crippen LogP contribution in [0.2, 0.25) is 0 Å². The maximum atomic E-state index is 11.9. The van der Waals surface area contributed by atoms with Crippen LogP contribution in [-0.4, -0.2) is 39.3 Å². The largest absolute Gasteiger partial charge is 0.340 e. The van der Waals surface area contributed by atoms with Crippen molar-refractivity contribution in [3.05, 3.63) is 18.2 Å². The zero-order chi connectivity index (χ0) is 11.4. The maximum Gasteiger partial charge on any atom is 0.271 e. The highest BCUT2D eigenvalue weighted by atomic mass is 35.5. The van der Waals surface area contributed by atoms with Crippen LogP contribution < -0.4 is 0 Å². The molecule has 15 heavy (non-hydrogen) atoms. The lowest BCUT2D eigenvalue weighted by molar-refractivity contribution is 0.0784. The number of carbonyl (C=O) groups excluding carboxylic acids is 1. The topological polar surface area (TPSA) is 38.1 Å². The van der Waals surface area contributed by atoms with Crippen molar-refractivity contribution in [2.24, 2.45) is 7.05 Å². The molecule has 0 aliphatic carbocycles. The fourth-order valence-electron chi connectivity index (χ4n) is 1.23. The molecule has 1 heterocycles. The lowest BCUT2D eigenvalue weighted by Gasteiger charge is -2.17. The van der Waals surface area contributed by atoms with E-state index in [0.29, 0.717) is 12.2 Å².